The number of carbonyl (C=O) groups excluding carboxylic acids is 2. The van der Waals surface area contributed by atoms with Crippen LogP contribution in [0.15, 0.2) is 47.5 Å². The lowest BCUT2D eigenvalue weighted by molar-refractivity contribution is -0.127. The van der Waals surface area contributed by atoms with Gasteiger partial charge in [-0.3, -0.25) is 10.1 Å². The highest BCUT2D eigenvalue weighted by Crippen LogP contribution is 2.26. The van der Waals surface area contributed by atoms with E-state index in [1.807, 2.05) is 47.1 Å². The molecule has 2 aliphatic rings. The lowest BCUT2D eigenvalue weighted by Crippen LogP contribution is -2.64. The fourth-order valence-corrected chi connectivity index (χ4v) is 3.41. The predicted octanol–water partition coefficient (Wildman–Crippen LogP) is 0.605. The molecular formula is C19H25N5O3. The minimum atomic E-state index is -0.614. The fraction of sp³-hybridized carbons (Fsp3) is 0.421. The summed E-state index contributed by atoms with van der Waals surface area (Å²) < 4.78 is 0. The van der Waals surface area contributed by atoms with Crippen molar-refractivity contribution in [1.29, 1.82) is 0 Å². The van der Waals surface area contributed by atoms with Crippen LogP contribution in [0.1, 0.15) is 12.5 Å². The van der Waals surface area contributed by atoms with Crippen LogP contribution in [0, 0.1) is 0 Å². The van der Waals surface area contributed by atoms with E-state index in [2.05, 4.69) is 11.9 Å². The lowest BCUT2D eigenvalue weighted by atomic mass is 10.1. The van der Waals surface area contributed by atoms with Crippen molar-refractivity contribution in [2.24, 2.45) is 4.99 Å². The first-order valence-corrected chi connectivity index (χ1v) is 8.88. The third-order valence-corrected chi connectivity index (χ3v) is 4.65. The Morgan fingerprint density at radius 1 is 1.33 bits per heavy atom. The number of amides is 3. The van der Waals surface area contributed by atoms with Gasteiger partial charge in [-0.25, -0.2) is 9.79 Å². The van der Waals surface area contributed by atoms with Gasteiger partial charge >= 0.3 is 6.03 Å². The second-order valence-electron chi connectivity index (χ2n) is 6.91. The van der Waals surface area contributed by atoms with Gasteiger partial charge in [0.05, 0.1) is 6.61 Å². The molecule has 1 fully saturated rings. The average molecular weight is 371 g/mol. The third-order valence-electron chi connectivity index (χ3n) is 4.65. The van der Waals surface area contributed by atoms with Crippen molar-refractivity contribution in [1.82, 2.24) is 20.0 Å². The molecule has 0 bridgehead atoms. The van der Waals surface area contributed by atoms with Crippen molar-refractivity contribution in [2.45, 2.75) is 25.7 Å². The Morgan fingerprint density at radius 2 is 2.04 bits per heavy atom. The van der Waals surface area contributed by atoms with E-state index < -0.39 is 18.2 Å². The van der Waals surface area contributed by atoms with Gasteiger partial charge in [0.15, 0.2) is 18.2 Å². The van der Waals surface area contributed by atoms with Gasteiger partial charge in [0, 0.05) is 26.7 Å². The van der Waals surface area contributed by atoms with Crippen molar-refractivity contribution in [3.8, 4) is 0 Å². The van der Waals surface area contributed by atoms with Crippen molar-refractivity contribution < 1.29 is 14.7 Å². The number of aliphatic hydroxyl groups is 1. The van der Waals surface area contributed by atoms with Crippen LogP contribution in [0.3, 0.4) is 0 Å². The van der Waals surface area contributed by atoms with Crippen LogP contribution in [-0.2, 0) is 11.3 Å². The Balaban J connectivity index is 1.96. The number of guanidine groups is 1. The number of aliphatic hydroxyl groups excluding tert-OH is 1. The number of imide groups is 1. The van der Waals surface area contributed by atoms with E-state index in [0.717, 1.165) is 11.1 Å². The molecule has 144 valence electrons. The molecule has 8 heteroatoms. The summed E-state index contributed by atoms with van der Waals surface area (Å²) in [4.78, 5) is 34.5. The molecule has 3 amide bonds. The van der Waals surface area contributed by atoms with Crippen LogP contribution in [0.25, 0.3) is 0 Å². The van der Waals surface area contributed by atoms with Gasteiger partial charge in [-0.05, 0) is 12.5 Å². The SMILES string of the molecule is C=C(C)CN1C(N(CCO)Cc2ccccc2)=NC2C1C(=O)NC(=O)N2C. The second kappa shape index (κ2) is 7.79. The summed E-state index contributed by atoms with van der Waals surface area (Å²) in [5.41, 5.74) is 1.94. The van der Waals surface area contributed by atoms with E-state index in [0.29, 0.717) is 25.6 Å². The zero-order valence-electron chi connectivity index (χ0n) is 15.6. The Hall–Kier alpha value is -2.87. The number of nitrogens with one attached hydrogen (secondary N) is 1. The topological polar surface area (TPSA) is 88.5 Å². The highest BCUT2D eigenvalue weighted by Gasteiger charge is 2.49. The van der Waals surface area contributed by atoms with Crippen LogP contribution in [0.4, 0.5) is 4.79 Å². The summed E-state index contributed by atoms with van der Waals surface area (Å²) in [6, 6.07) is 8.77. The first-order valence-electron chi connectivity index (χ1n) is 8.88. The van der Waals surface area contributed by atoms with E-state index in [9.17, 15) is 14.7 Å². The maximum absolute atomic E-state index is 12.5. The maximum Gasteiger partial charge on any atom is 0.325 e. The first-order chi connectivity index (χ1) is 12.9. The average Bonchev–Trinajstić information content (AvgIpc) is 2.99. The van der Waals surface area contributed by atoms with Crippen molar-refractivity contribution >= 4 is 17.9 Å². The van der Waals surface area contributed by atoms with E-state index in [1.54, 1.807) is 7.05 Å². The van der Waals surface area contributed by atoms with Crippen molar-refractivity contribution in [3.63, 3.8) is 0 Å². The number of nitrogens with zero attached hydrogens (tertiary/aromatic N) is 4. The molecule has 8 nitrogen and oxygen atoms in total. The van der Waals surface area contributed by atoms with Gasteiger partial charge in [-0.2, -0.15) is 0 Å². The summed E-state index contributed by atoms with van der Waals surface area (Å²) in [7, 11) is 1.62. The number of hydrogen-bond acceptors (Lipinski definition) is 6. The summed E-state index contributed by atoms with van der Waals surface area (Å²) in [6.45, 7) is 7.12. The summed E-state index contributed by atoms with van der Waals surface area (Å²) in [6.07, 6.45) is -0.599. The summed E-state index contributed by atoms with van der Waals surface area (Å²) in [5, 5.41) is 12.0. The van der Waals surface area contributed by atoms with Crippen molar-refractivity contribution in [2.75, 3.05) is 26.7 Å². The smallest absolute Gasteiger partial charge is 0.325 e. The van der Waals surface area contributed by atoms with Crippen LogP contribution in [0.2, 0.25) is 0 Å². The van der Waals surface area contributed by atoms with Gasteiger partial charge in [0.1, 0.15) is 0 Å². The molecule has 2 atom stereocenters. The third kappa shape index (κ3) is 3.80. The Bertz CT molecular complexity index is 764. The molecule has 2 N–H and O–H groups in total. The van der Waals surface area contributed by atoms with E-state index >= 15 is 0 Å². The molecule has 2 heterocycles. The highest BCUT2D eigenvalue weighted by molar-refractivity contribution is 6.03. The first kappa shape index (κ1) is 18.9. The maximum atomic E-state index is 12.5. The predicted molar refractivity (Wildman–Crippen MR) is 102 cm³/mol. The zero-order chi connectivity index (χ0) is 19.6. The number of fused-ring (bicyclic) bond motifs is 1. The van der Waals surface area contributed by atoms with Crippen molar-refractivity contribution in [3.05, 3.63) is 48.0 Å². The number of urea groups is 1. The Morgan fingerprint density at radius 3 is 2.67 bits per heavy atom. The zero-order valence-corrected chi connectivity index (χ0v) is 15.6. The van der Waals surface area contributed by atoms with Crippen LogP contribution in [0.5, 0.6) is 0 Å². The molecular weight excluding hydrogens is 346 g/mol. The molecule has 2 unspecified atom stereocenters. The van der Waals surface area contributed by atoms with E-state index in [4.69, 9.17) is 4.99 Å². The normalized spacial score (nSPS) is 21.7. The number of carbonyl (C=O) groups is 2. The Kier molecular flexibility index (Phi) is 5.46. The molecule has 1 aromatic rings. The van der Waals surface area contributed by atoms with E-state index in [-0.39, 0.29) is 12.5 Å². The molecule has 0 radical (unpaired) electrons. The summed E-state index contributed by atoms with van der Waals surface area (Å²) in [5.74, 6) is 0.217. The lowest BCUT2D eigenvalue weighted by Gasteiger charge is -2.37. The largest absolute Gasteiger partial charge is 0.395 e. The highest BCUT2D eigenvalue weighted by atomic mass is 16.3. The Labute approximate surface area is 158 Å². The number of likely N-dealkylation sites (N-methyl/N-ethyl adjacent to an activating group) is 1. The molecule has 0 saturated carbocycles. The van der Waals surface area contributed by atoms with Gasteiger partial charge < -0.3 is 19.8 Å². The number of rotatable bonds is 6. The molecule has 0 aromatic heterocycles. The molecule has 0 aliphatic carbocycles. The molecule has 0 spiro atoms. The number of benzene rings is 1. The van der Waals surface area contributed by atoms with Gasteiger partial charge in [-0.15, -0.1) is 0 Å². The molecule has 27 heavy (non-hydrogen) atoms. The van der Waals surface area contributed by atoms with Gasteiger partial charge in [0.25, 0.3) is 5.91 Å². The quantitative estimate of drug-likeness (QED) is 0.715. The minimum Gasteiger partial charge on any atom is -0.395 e. The van der Waals surface area contributed by atoms with Crippen LogP contribution in [-0.4, -0.2) is 76.7 Å². The van der Waals surface area contributed by atoms with Crippen LogP contribution < -0.4 is 5.32 Å². The molecule has 2 aliphatic heterocycles. The summed E-state index contributed by atoms with van der Waals surface area (Å²) >= 11 is 0. The number of aliphatic imine (C=N–C) groups is 1. The van der Waals surface area contributed by atoms with Gasteiger partial charge in [0.2, 0.25) is 0 Å². The number of hydrogen-bond donors (Lipinski definition) is 2. The standard InChI is InChI=1S/C19H25N5O3/c1-13(2)11-24-15-16(22(3)19(27)21-17(15)26)20-18(24)23(9-10-25)12-14-7-5-4-6-8-14/h4-8,15-16,25H,1,9-12H2,2-3H3,(H,21,26,27). The molecule has 3 rings (SSSR count). The molecule has 1 saturated heterocycles. The monoisotopic (exact) mass is 371 g/mol. The minimum absolute atomic E-state index is 0.0525. The van der Waals surface area contributed by atoms with Gasteiger partial charge in [-0.1, -0.05) is 42.5 Å². The van der Waals surface area contributed by atoms with E-state index in [1.165, 1.54) is 4.90 Å². The molecule has 1 aromatic carbocycles. The fourth-order valence-electron chi connectivity index (χ4n) is 3.41. The second-order valence-corrected chi connectivity index (χ2v) is 6.91. The van der Waals surface area contributed by atoms with Crippen LogP contribution >= 0.6 is 0 Å².